The average molecular weight is 374 g/mol. The van der Waals surface area contributed by atoms with E-state index in [0.717, 1.165) is 31.4 Å². The van der Waals surface area contributed by atoms with Gasteiger partial charge < -0.3 is 9.64 Å². The second-order valence-corrected chi connectivity index (χ2v) is 8.69. The Morgan fingerprint density at radius 3 is 2.58 bits per heavy atom. The quantitative estimate of drug-likeness (QED) is 0.829. The minimum Gasteiger partial charge on any atom is -0.372 e. The monoisotopic (exact) mass is 373 g/mol. The molecule has 5 nitrogen and oxygen atoms in total. The van der Waals surface area contributed by atoms with E-state index in [4.69, 9.17) is 9.72 Å². The second-order valence-electron chi connectivity index (χ2n) is 7.63. The lowest BCUT2D eigenvalue weighted by molar-refractivity contribution is -0.144. The summed E-state index contributed by atoms with van der Waals surface area (Å²) in [5.41, 5.74) is 1.11. The van der Waals surface area contributed by atoms with Crippen LogP contribution >= 0.6 is 11.3 Å². The molecule has 2 saturated heterocycles. The molecule has 2 aromatic rings. The Balaban J connectivity index is 1.31. The SMILES string of the molecule is C[C@@H]1CN(C(=O)CN2CCC(c3nc4ccccc4s3)CC2)C[C@H](C)O1. The van der Waals surface area contributed by atoms with Crippen LogP contribution in [0.3, 0.4) is 0 Å². The number of carbonyl (C=O) groups is 1. The molecule has 6 heteroatoms. The highest BCUT2D eigenvalue weighted by Crippen LogP contribution is 2.33. The summed E-state index contributed by atoms with van der Waals surface area (Å²) in [4.78, 5) is 21.7. The van der Waals surface area contributed by atoms with Gasteiger partial charge in [0.05, 0.1) is 34.0 Å². The Kier molecular flexibility index (Phi) is 5.25. The lowest BCUT2D eigenvalue weighted by Crippen LogP contribution is -2.51. The number of morpholine rings is 1. The zero-order valence-corrected chi connectivity index (χ0v) is 16.4. The highest BCUT2D eigenvalue weighted by molar-refractivity contribution is 7.18. The zero-order valence-electron chi connectivity index (χ0n) is 15.6. The fourth-order valence-corrected chi connectivity index (χ4v) is 5.21. The van der Waals surface area contributed by atoms with Gasteiger partial charge in [0.25, 0.3) is 0 Å². The Hall–Kier alpha value is -1.50. The van der Waals surface area contributed by atoms with E-state index in [1.165, 1.54) is 9.71 Å². The minimum atomic E-state index is 0.132. The molecule has 0 saturated carbocycles. The molecule has 140 valence electrons. The van der Waals surface area contributed by atoms with Crippen LogP contribution in [0.4, 0.5) is 0 Å². The predicted molar refractivity (Wildman–Crippen MR) is 105 cm³/mol. The summed E-state index contributed by atoms with van der Waals surface area (Å²) >= 11 is 1.82. The molecule has 0 aliphatic carbocycles. The van der Waals surface area contributed by atoms with Crippen LogP contribution in [-0.2, 0) is 9.53 Å². The van der Waals surface area contributed by atoms with E-state index < -0.39 is 0 Å². The van der Waals surface area contributed by atoms with Crippen LogP contribution in [0.15, 0.2) is 24.3 Å². The normalized spacial score (nSPS) is 25.7. The van der Waals surface area contributed by atoms with Crippen molar-refractivity contribution in [2.45, 2.75) is 44.8 Å². The van der Waals surface area contributed by atoms with Gasteiger partial charge in [0.1, 0.15) is 0 Å². The third kappa shape index (κ3) is 3.92. The Morgan fingerprint density at radius 1 is 1.19 bits per heavy atom. The van der Waals surface area contributed by atoms with Crippen molar-refractivity contribution >= 4 is 27.5 Å². The summed E-state index contributed by atoms with van der Waals surface area (Å²) < 4.78 is 7.00. The number of thiazole rings is 1. The number of benzene rings is 1. The summed E-state index contributed by atoms with van der Waals surface area (Å²) in [7, 11) is 0. The largest absolute Gasteiger partial charge is 0.372 e. The molecule has 1 aromatic carbocycles. The van der Waals surface area contributed by atoms with Crippen molar-refractivity contribution in [1.82, 2.24) is 14.8 Å². The zero-order chi connectivity index (χ0) is 18.1. The number of rotatable bonds is 3. The number of aromatic nitrogens is 1. The Morgan fingerprint density at radius 2 is 1.88 bits per heavy atom. The molecule has 2 aliphatic rings. The molecular formula is C20H27N3O2S. The van der Waals surface area contributed by atoms with Crippen molar-refractivity contribution < 1.29 is 9.53 Å². The van der Waals surface area contributed by atoms with Crippen LogP contribution in [0.1, 0.15) is 37.6 Å². The lowest BCUT2D eigenvalue weighted by atomic mass is 9.97. The van der Waals surface area contributed by atoms with Crippen LogP contribution in [0.5, 0.6) is 0 Å². The molecule has 0 N–H and O–H groups in total. The maximum atomic E-state index is 12.6. The number of para-hydroxylation sites is 1. The fourth-order valence-electron chi connectivity index (χ4n) is 4.08. The van der Waals surface area contributed by atoms with Crippen molar-refractivity contribution in [3.63, 3.8) is 0 Å². The van der Waals surface area contributed by atoms with Crippen molar-refractivity contribution in [2.75, 3.05) is 32.7 Å². The maximum Gasteiger partial charge on any atom is 0.236 e. The second kappa shape index (κ2) is 7.62. The van der Waals surface area contributed by atoms with Crippen LogP contribution < -0.4 is 0 Å². The van der Waals surface area contributed by atoms with Gasteiger partial charge in [0.15, 0.2) is 0 Å². The summed E-state index contributed by atoms with van der Waals surface area (Å²) in [5.74, 6) is 0.771. The van der Waals surface area contributed by atoms with Crippen molar-refractivity contribution in [2.24, 2.45) is 0 Å². The molecule has 1 amide bonds. The van der Waals surface area contributed by atoms with Gasteiger partial charge in [-0.25, -0.2) is 4.98 Å². The first-order chi connectivity index (χ1) is 12.6. The van der Waals surface area contributed by atoms with Crippen LogP contribution in [0.2, 0.25) is 0 Å². The molecule has 3 heterocycles. The van der Waals surface area contributed by atoms with E-state index in [1.807, 2.05) is 36.2 Å². The number of hydrogen-bond donors (Lipinski definition) is 0. The number of hydrogen-bond acceptors (Lipinski definition) is 5. The van der Waals surface area contributed by atoms with Gasteiger partial charge in [-0.2, -0.15) is 0 Å². The van der Waals surface area contributed by atoms with E-state index >= 15 is 0 Å². The standard InChI is InChI=1S/C20H27N3O2S/c1-14-11-23(12-15(2)25-14)19(24)13-22-9-7-16(8-10-22)20-21-17-5-3-4-6-18(17)26-20/h3-6,14-16H,7-13H2,1-2H3/t14-,15+. The minimum absolute atomic E-state index is 0.132. The van der Waals surface area contributed by atoms with Gasteiger partial charge in [-0.05, 0) is 51.9 Å². The van der Waals surface area contributed by atoms with Gasteiger partial charge in [0.2, 0.25) is 5.91 Å². The molecule has 0 unspecified atom stereocenters. The molecule has 2 aliphatic heterocycles. The molecule has 2 atom stereocenters. The van der Waals surface area contributed by atoms with Gasteiger partial charge in [-0.3, -0.25) is 9.69 Å². The summed E-state index contributed by atoms with van der Waals surface area (Å²) in [5, 5.41) is 1.26. The Labute approximate surface area is 159 Å². The number of carbonyl (C=O) groups excluding carboxylic acids is 1. The van der Waals surface area contributed by atoms with E-state index in [2.05, 4.69) is 23.1 Å². The highest BCUT2D eigenvalue weighted by atomic mass is 32.1. The third-order valence-electron chi connectivity index (χ3n) is 5.38. The lowest BCUT2D eigenvalue weighted by Gasteiger charge is -2.37. The van der Waals surface area contributed by atoms with E-state index in [1.54, 1.807) is 0 Å². The number of piperidine rings is 1. The first-order valence-electron chi connectivity index (χ1n) is 9.59. The van der Waals surface area contributed by atoms with Gasteiger partial charge in [0, 0.05) is 19.0 Å². The summed E-state index contributed by atoms with van der Waals surface area (Å²) in [6.45, 7) is 7.99. The van der Waals surface area contributed by atoms with Gasteiger partial charge in [-0.15, -0.1) is 11.3 Å². The van der Waals surface area contributed by atoms with Gasteiger partial charge >= 0.3 is 0 Å². The number of amides is 1. The molecule has 2 fully saturated rings. The van der Waals surface area contributed by atoms with E-state index in [9.17, 15) is 4.79 Å². The first-order valence-corrected chi connectivity index (χ1v) is 10.4. The number of likely N-dealkylation sites (tertiary alicyclic amines) is 1. The van der Waals surface area contributed by atoms with E-state index in [0.29, 0.717) is 25.6 Å². The molecule has 4 rings (SSSR count). The summed E-state index contributed by atoms with van der Waals surface area (Å²) in [6, 6.07) is 8.36. The highest BCUT2D eigenvalue weighted by Gasteiger charge is 2.29. The van der Waals surface area contributed by atoms with Crippen molar-refractivity contribution in [1.29, 1.82) is 0 Å². The molecule has 1 aromatic heterocycles. The van der Waals surface area contributed by atoms with Crippen molar-refractivity contribution in [3.05, 3.63) is 29.3 Å². The summed E-state index contributed by atoms with van der Waals surface area (Å²) in [6.07, 6.45) is 2.44. The molecule has 0 spiro atoms. The van der Waals surface area contributed by atoms with E-state index in [-0.39, 0.29) is 18.1 Å². The van der Waals surface area contributed by atoms with Crippen LogP contribution in [0, 0.1) is 0 Å². The van der Waals surface area contributed by atoms with Gasteiger partial charge in [-0.1, -0.05) is 12.1 Å². The fraction of sp³-hybridized carbons (Fsp3) is 0.600. The first kappa shape index (κ1) is 17.9. The number of nitrogens with zero attached hydrogens (tertiary/aromatic N) is 3. The number of ether oxygens (including phenoxy) is 1. The van der Waals surface area contributed by atoms with Crippen molar-refractivity contribution in [3.8, 4) is 0 Å². The van der Waals surface area contributed by atoms with Crippen LogP contribution in [0.25, 0.3) is 10.2 Å². The number of fused-ring (bicyclic) bond motifs is 1. The molecule has 0 bridgehead atoms. The smallest absolute Gasteiger partial charge is 0.236 e. The average Bonchev–Trinajstić information content (AvgIpc) is 3.05. The molecular weight excluding hydrogens is 346 g/mol. The topological polar surface area (TPSA) is 45.7 Å². The maximum absolute atomic E-state index is 12.6. The Bertz CT molecular complexity index is 726. The third-order valence-corrected chi connectivity index (χ3v) is 6.58. The molecule has 0 radical (unpaired) electrons. The predicted octanol–water partition coefficient (Wildman–Crippen LogP) is 3.11. The molecule has 26 heavy (non-hydrogen) atoms. The van der Waals surface area contributed by atoms with Crippen LogP contribution in [-0.4, -0.2) is 65.6 Å².